The van der Waals surface area contributed by atoms with Crippen molar-refractivity contribution in [3.63, 3.8) is 0 Å². The Balaban J connectivity index is 1.73. The van der Waals surface area contributed by atoms with Crippen molar-refractivity contribution in [1.29, 1.82) is 0 Å². The van der Waals surface area contributed by atoms with Gasteiger partial charge in [-0.15, -0.1) is 5.10 Å². The molecule has 1 heterocycles. The summed E-state index contributed by atoms with van der Waals surface area (Å²) in [7, 11) is 1.89. The van der Waals surface area contributed by atoms with Crippen molar-refractivity contribution in [1.82, 2.24) is 15.5 Å². The van der Waals surface area contributed by atoms with Gasteiger partial charge in [-0.1, -0.05) is 6.07 Å². The van der Waals surface area contributed by atoms with Crippen LogP contribution in [0.25, 0.3) is 0 Å². The normalized spacial score (nSPS) is 13.8. The highest BCUT2D eigenvalue weighted by atomic mass is 16.5. The molecule has 0 radical (unpaired) electrons. The first kappa shape index (κ1) is 13.1. The number of aryl methyl sites for hydroxylation is 2. The van der Waals surface area contributed by atoms with Crippen LogP contribution in [0.1, 0.15) is 29.7 Å². The van der Waals surface area contributed by atoms with Crippen LogP contribution in [0, 0.1) is 0 Å². The summed E-state index contributed by atoms with van der Waals surface area (Å²) in [6.07, 6.45) is 4.91. The van der Waals surface area contributed by atoms with E-state index in [2.05, 4.69) is 27.6 Å². The first-order valence-corrected chi connectivity index (χ1v) is 7.12. The predicted octanol–water partition coefficient (Wildman–Crippen LogP) is 2.87. The largest absolute Gasteiger partial charge is 0.438 e. The summed E-state index contributed by atoms with van der Waals surface area (Å²) in [5, 5.41) is 11.3. The second-order valence-corrected chi connectivity index (χ2v) is 5.13. The van der Waals surface area contributed by atoms with Gasteiger partial charge in [-0.2, -0.15) is 5.10 Å². The van der Waals surface area contributed by atoms with E-state index in [0.29, 0.717) is 12.4 Å². The Hall–Kier alpha value is -1.94. The van der Waals surface area contributed by atoms with E-state index in [9.17, 15) is 0 Å². The van der Waals surface area contributed by atoms with Crippen molar-refractivity contribution in [2.45, 2.75) is 32.2 Å². The molecule has 0 spiro atoms. The van der Waals surface area contributed by atoms with Gasteiger partial charge in [0.15, 0.2) is 0 Å². The number of hydrogen-bond donors (Lipinski definition) is 1. The van der Waals surface area contributed by atoms with Crippen molar-refractivity contribution in [3.05, 3.63) is 47.2 Å². The van der Waals surface area contributed by atoms with Crippen LogP contribution in [0.3, 0.4) is 0 Å². The minimum Gasteiger partial charge on any atom is -0.438 e. The number of nitrogens with zero attached hydrogens (tertiary/aromatic N) is 2. The van der Waals surface area contributed by atoms with E-state index < -0.39 is 0 Å². The maximum absolute atomic E-state index is 5.78. The first-order chi connectivity index (χ1) is 9.85. The summed E-state index contributed by atoms with van der Waals surface area (Å²) in [5.74, 6) is 1.39. The van der Waals surface area contributed by atoms with Crippen molar-refractivity contribution >= 4 is 0 Å². The van der Waals surface area contributed by atoms with Gasteiger partial charge in [0, 0.05) is 12.6 Å². The number of fused-ring (bicyclic) bond motifs is 1. The number of hydrogen-bond acceptors (Lipinski definition) is 4. The molecule has 2 aromatic rings. The summed E-state index contributed by atoms with van der Waals surface area (Å²) < 4.78 is 5.78. The minimum atomic E-state index is 0.542. The molecule has 0 saturated heterocycles. The fourth-order valence-corrected chi connectivity index (χ4v) is 2.57. The fraction of sp³-hybridized carbons (Fsp3) is 0.375. The number of benzene rings is 1. The van der Waals surface area contributed by atoms with E-state index >= 15 is 0 Å². The topological polar surface area (TPSA) is 47.0 Å². The first-order valence-electron chi connectivity index (χ1n) is 7.12. The van der Waals surface area contributed by atoms with Crippen LogP contribution in [0.4, 0.5) is 0 Å². The Kier molecular flexibility index (Phi) is 3.92. The monoisotopic (exact) mass is 269 g/mol. The average Bonchev–Trinajstić information content (AvgIpc) is 2.49. The third-order valence-corrected chi connectivity index (χ3v) is 3.60. The molecule has 1 N–H and O–H groups in total. The number of rotatable bonds is 4. The molecule has 1 aliphatic carbocycles. The molecule has 0 bridgehead atoms. The Morgan fingerprint density at radius 2 is 1.90 bits per heavy atom. The SMILES string of the molecule is CNCc1ccc(Oc2ccc3c(c2)CCCC3)nn1. The van der Waals surface area contributed by atoms with E-state index in [0.717, 1.165) is 17.9 Å². The smallest absolute Gasteiger partial charge is 0.238 e. The Bertz CT molecular complexity index is 581. The highest BCUT2D eigenvalue weighted by Crippen LogP contribution is 2.27. The summed E-state index contributed by atoms with van der Waals surface area (Å²) in [4.78, 5) is 0. The summed E-state index contributed by atoms with van der Waals surface area (Å²) in [6.45, 7) is 0.714. The van der Waals surface area contributed by atoms with Crippen LogP contribution < -0.4 is 10.1 Å². The third-order valence-electron chi connectivity index (χ3n) is 3.60. The summed E-state index contributed by atoms with van der Waals surface area (Å²) in [6, 6.07) is 10.1. The molecular weight excluding hydrogens is 250 g/mol. The van der Waals surface area contributed by atoms with E-state index in [1.165, 1.54) is 30.4 Å². The molecule has 1 aliphatic rings. The summed E-state index contributed by atoms with van der Waals surface area (Å²) in [5.41, 5.74) is 3.78. The number of aromatic nitrogens is 2. The number of ether oxygens (including phenoxy) is 1. The van der Waals surface area contributed by atoms with Gasteiger partial charge in [0.25, 0.3) is 0 Å². The molecule has 0 saturated carbocycles. The molecule has 0 atom stereocenters. The van der Waals surface area contributed by atoms with Crippen LogP contribution in [0.2, 0.25) is 0 Å². The zero-order valence-corrected chi connectivity index (χ0v) is 11.7. The molecule has 20 heavy (non-hydrogen) atoms. The zero-order valence-electron chi connectivity index (χ0n) is 11.7. The van der Waals surface area contributed by atoms with E-state index in [1.807, 2.05) is 25.2 Å². The molecule has 4 nitrogen and oxygen atoms in total. The Morgan fingerprint density at radius 1 is 1.05 bits per heavy atom. The van der Waals surface area contributed by atoms with Gasteiger partial charge < -0.3 is 10.1 Å². The second-order valence-electron chi connectivity index (χ2n) is 5.13. The lowest BCUT2D eigenvalue weighted by atomic mass is 9.92. The Labute approximate surface area is 119 Å². The number of nitrogens with one attached hydrogen (secondary N) is 1. The van der Waals surface area contributed by atoms with Gasteiger partial charge in [-0.25, -0.2) is 0 Å². The minimum absolute atomic E-state index is 0.542. The highest BCUT2D eigenvalue weighted by Gasteiger charge is 2.10. The van der Waals surface area contributed by atoms with Crippen LogP contribution in [0.5, 0.6) is 11.6 Å². The highest BCUT2D eigenvalue weighted by molar-refractivity contribution is 5.38. The molecule has 1 aromatic carbocycles. The molecule has 4 heteroatoms. The van der Waals surface area contributed by atoms with Gasteiger partial charge in [0.05, 0.1) is 5.69 Å². The van der Waals surface area contributed by atoms with E-state index in [4.69, 9.17) is 4.74 Å². The van der Waals surface area contributed by atoms with Crippen molar-refractivity contribution in [3.8, 4) is 11.6 Å². The zero-order chi connectivity index (χ0) is 13.8. The van der Waals surface area contributed by atoms with Crippen molar-refractivity contribution in [2.75, 3.05) is 7.05 Å². The molecular formula is C16H19N3O. The molecule has 0 amide bonds. The molecule has 0 aliphatic heterocycles. The standard InChI is InChI=1S/C16H19N3O/c1-17-11-14-7-9-16(19-18-14)20-15-8-6-12-4-2-3-5-13(12)10-15/h6-10,17H,2-5,11H2,1H3. The maximum Gasteiger partial charge on any atom is 0.238 e. The van der Waals surface area contributed by atoms with Crippen LogP contribution in [-0.2, 0) is 19.4 Å². The van der Waals surface area contributed by atoms with Gasteiger partial charge in [-0.05, 0) is 62.1 Å². The van der Waals surface area contributed by atoms with Gasteiger partial charge in [0.1, 0.15) is 5.75 Å². The van der Waals surface area contributed by atoms with Crippen LogP contribution in [0.15, 0.2) is 30.3 Å². The Morgan fingerprint density at radius 3 is 2.65 bits per heavy atom. The van der Waals surface area contributed by atoms with E-state index in [1.54, 1.807) is 0 Å². The average molecular weight is 269 g/mol. The fourth-order valence-electron chi connectivity index (χ4n) is 2.57. The second kappa shape index (κ2) is 6.01. The van der Waals surface area contributed by atoms with Crippen molar-refractivity contribution in [2.24, 2.45) is 0 Å². The molecule has 104 valence electrons. The molecule has 1 aromatic heterocycles. The maximum atomic E-state index is 5.78. The molecule has 0 fully saturated rings. The van der Waals surface area contributed by atoms with Crippen molar-refractivity contribution < 1.29 is 4.74 Å². The lowest BCUT2D eigenvalue weighted by Gasteiger charge is -2.16. The predicted molar refractivity (Wildman–Crippen MR) is 78.0 cm³/mol. The van der Waals surface area contributed by atoms with E-state index in [-0.39, 0.29) is 0 Å². The lowest BCUT2D eigenvalue weighted by Crippen LogP contribution is -2.07. The van der Waals surface area contributed by atoms with Gasteiger partial charge in [-0.3, -0.25) is 0 Å². The van der Waals surface area contributed by atoms with Crippen LogP contribution in [-0.4, -0.2) is 17.2 Å². The van der Waals surface area contributed by atoms with Crippen LogP contribution >= 0.6 is 0 Å². The third kappa shape index (κ3) is 2.96. The quantitative estimate of drug-likeness (QED) is 0.927. The lowest BCUT2D eigenvalue weighted by molar-refractivity contribution is 0.452. The summed E-state index contributed by atoms with van der Waals surface area (Å²) >= 11 is 0. The molecule has 0 unspecified atom stereocenters. The molecule has 3 rings (SSSR count). The van der Waals surface area contributed by atoms with Gasteiger partial charge >= 0.3 is 0 Å². The van der Waals surface area contributed by atoms with Gasteiger partial charge in [0.2, 0.25) is 5.88 Å².